The van der Waals surface area contributed by atoms with Crippen molar-refractivity contribution in [1.82, 2.24) is 15.2 Å². The van der Waals surface area contributed by atoms with Gasteiger partial charge < -0.3 is 15.2 Å². The Balaban J connectivity index is 1.53. The molecule has 2 N–H and O–H groups in total. The average molecular weight is 442 g/mol. The Morgan fingerprint density at radius 3 is 2.35 bits per heavy atom. The first-order valence-electron chi connectivity index (χ1n) is 11.4. The molecule has 2 aliphatic carbocycles. The number of hydrogen-bond acceptors (Lipinski definition) is 4. The fourth-order valence-corrected chi connectivity index (χ4v) is 4.99. The number of carbonyl (C=O) groups excluding carboxylic acids is 2. The van der Waals surface area contributed by atoms with Crippen LogP contribution < -0.4 is 16.1 Å². The van der Waals surface area contributed by atoms with Gasteiger partial charge in [-0.1, -0.05) is 25.7 Å². The Morgan fingerprint density at radius 1 is 1.06 bits per heavy atom. The Bertz CT molecular complexity index is 970. The SMILES string of the molecule is C[C@H](Cc1ccsc1)NC(=O)c1cn(C2CC2)cc(C(=O)NC2CCCCCC2)c1=O. The molecule has 7 heteroatoms. The number of nitrogens with one attached hydrogen (secondary N) is 2. The minimum atomic E-state index is -0.483. The number of carbonyl (C=O) groups is 2. The lowest BCUT2D eigenvalue weighted by Gasteiger charge is -2.18. The van der Waals surface area contributed by atoms with Gasteiger partial charge in [0, 0.05) is 30.5 Å². The topological polar surface area (TPSA) is 80.2 Å². The van der Waals surface area contributed by atoms with Crippen molar-refractivity contribution in [2.75, 3.05) is 0 Å². The second kappa shape index (κ2) is 9.81. The number of amides is 2. The number of pyridine rings is 1. The van der Waals surface area contributed by atoms with Crippen molar-refractivity contribution in [3.8, 4) is 0 Å². The summed E-state index contributed by atoms with van der Waals surface area (Å²) in [6.07, 6.45) is 12.4. The molecule has 2 amide bonds. The van der Waals surface area contributed by atoms with E-state index >= 15 is 0 Å². The summed E-state index contributed by atoms with van der Waals surface area (Å²) < 4.78 is 1.88. The fourth-order valence-electron chi connectivity index (χ4n) is 4.31. The molecule has 2 aromatic rings. The molecule has 2 saturated carbocycles. The zero-order chi connectivity index (χ0) is 21.8. The molecule has 31 heavy (non-hydrogen) atoms. The van der Waals surface area contributed by atoms with Crippen LogP contribution in [0.1, 0.15) is 90.6 Å². The number of thiophene rings is 1. The monoisotopic (exact) mass is 441 g/mol. The van der Waals surface area contributed by atoms with Crippen molar-refractivity contribution in [2.45, 2.75) is 82.8 Å². The van der Waals surface area contributed by atoms with Crippen LogP contribution in [0.5, 0.6) is 0 Å². The van der Waals surface area contributed by atoms with E-state index in [2.05, 4.69) is 16.0 Å². The van der Waals surface area contributed by atoms with Crippen LogP contribution in [0.15, 0.2) is 34.0 Å². The molecule has 0 aromatic carbocycles. The molecule has 0 radical (unpaired) electrons. The first kappa shape index (κ1) is 21.8. The minimum absolute atomic E-state index is 0.0533. The number of aromatic nitrogens is 1. The predicted molar refractivity (Wildman–Crippen MR) is 123 cm³/mol. The smallest absolute Gasteiger partial charge is 0.256 e. The molecule has 0 saturated heterocycles. The van der Waals surface area contributed by atoms with Gasteiger partial charge in [0.25, 0.3) is 11.8 Å². The fraction of sp³-hybridized carbons (Fsp3) is 0.542. The van der Waals surface area contributed by atoms with Gasteiger partial charge >= 0.3 is 0 Å². The molecule has 2 aliphatic rings. The lowest BCUT2D eigenvalue weighted by Crippen LogP contribution is -2.41. The Labute approximate surface area is 187 Å². The number of nitrogens with zero attached hydrogens (tertiary/aromatic N) is 1. The highest BCUT2D eigenvalue weighted by atomic mass is 32.1. The summed E-state index contributed by atoms with van der Waals surface area (Å²) in [5.74, 6) is -0.765. The molecule has 6 nitrogen and oxygen atoms in total. The van der Waals surface area contributed by atoms with Crippen LogP contribution in [-0.2, 0) is 6.42 Å². The summed E-state index contributed by atoms with van der Waals surface area (Å²) in [4.78, 5) is 39.1. The summed E-state index contributed by atoms with van der Waals surface area (Å²) in [6, 6.07) is 2.29. The van der Waals surface area contributed by atoms with Crippen molar-refractivity contribution < 1.29 is 9.59 Å². The van der Waals surface area contributed by atoms with Crippen LogP contribution >= 0.6 is 11.3 Å². The van der Waals surface area contributed by atoms with E-state index in [1.165, 1.54) is 12.8 Å². The Hall–Kier alpha value is -2.41. The number of hydrogen-bond donors (Lipinski definition) is 2. The maximum absolute atomic E-state index is 13.1. The molecule has 2 heterocycles. The predicted octanol–water partition coefficient (Wildman–Crippen LogP) is 4.06. The third-order valence-electron chi connectivity index (χ3n) is 6.19. The molecular weight excluding hydrogens is 410 g/mol. The third-order valence-corrected chi connectivity index (χ3v) is 6.93. The molecule has 2 fully saturated rings. The van der Waals surface area contributed by atoms with Crippen LogP contribution in [0.25, 0.3) is 0 Å². The van der Waals surface area contributed by atoms with Gasteiger partial charge in [0.05, 0.1) is 0 Å². The van der Waals surface area contributed by atoms with Gasteiger partial charge in [0.1, 0.15) is 11.1 Å². The molecule has 0 aliphatic heterocycles. The van der Waals surface area contributed by atoms with Crippen LogP contribution in [0.2, 0.25) is 0 Å². The summed E-state index contributed by atoms with van der Waals surface area (Å²) in [5, 5.41) is 10.1. The van der Waals surface area contributed by atoms with Crippen LogP contribution in [0, 0.1) is 0 Å². The van der Waals surface area contributed by atoms with E-state index in [4.69, 9.17) is 0 Å². The highest BCUT2D eigenvalue weighted by Crippen LogP contribution is 2.34. The maximum atomic E-state index is 13.1. The standard InChI is InChI=1S/C24H31N3O3S/c1-16(12-17-10-11-31-15-17)25-23(29)20-13-27(19-8-9-19)14-21(22(20)28)24(30)26-18-6-4-2-3-5-7-18/h10-11,13-16,18-19H,2-9,12H2,1H3,(H,25,29)(H,26,30)/t16-/m1/s1. The maximum Gasteiger partial charge on any atom is 0.256 e. The summed E-state index contributed by atoms with van der Waals surface area (Å²) in [5.41, 5.74) is 0.805. The van der Waals surface area contributed by atoms with Gasteiger partial charge in [0.15, 0.2) is 0 Å². The second-order valence-corrected chi connectivity index (χ2v) is 9.75. The Morgan fingerprint density at radius 2 is 1.74 bits per heavy atom. The molecule has 1 atom stereocenters. The van der Waals surface area contributed by atoms with Gasteiger partial charge in [0.2, 0.25) is 5.43 Å². The highest BCUT2D eigenvalue weighted by molar-refractivity contribution is 7.07. The first-order chi connectivity index (χ1) is 15.0. The first-order valence-corrected chi connectivity index (χ1v) is 12.3. The largest absolute Gasteiger partial charge is 0.349 e. The van der Waals surface area contributed by atoms with Gasteiger partial charge in [-0.15, -0.1) is 0 Å². The summed E-state index contributed by atoms with van der Waals surface area (Å²) in [6.45, 7) is 1.93. The van der Waals surface area contributed by atoms with E-state index in [1.807, 2.05) is 22.9 Å². The van der Waals surface area contributed by atoms with E-state index in [0.29, 0.717) is 6.42 Å². The van der Waals surface area contributed by atoms with Gasteiger partial charge in [-0.3, -0.25) is 14.4 Å². The zero-order valence-corrected chi connectivity index (χ0v) is 18.9. The minimum Gasteiger partial charge on any atom is -0.349 e. The summed E-state index contributed by atoms with van der Waals surface area (Å²) in [7, 11) is 0. The molecule has 0 spiro atoms. The molecule has 0 unspecified atom stereocenters. The van der Waals surface area contributed by atoms with Crippen molar-refractivity contribution >= 4 is 23.2 Å². The molecular formula is C24H31N3O3S. The Kier molecular flexibility index (Phi) is 6.90. The van der Waals surface area contributed by atoms with Crippen molar-refractivity contribution in [3.63, 3.8) is 0 Å². The molecule has 166 valence electrons. The highest BCUT2D eigenvalue weighted by Gasteiger charge is 2.28. The van der Waals surface area contributed by atoms with Crippen LogP contribution in [0.4, 0.5) is 0 Å². The number of rotatable bonds is 7. The molecule has 0 bridgehead atoms. The van der Waals surface area contributed by atoms with Gasteiger partial charge in [-0.2, -0.15) is 11.3 Å². The average Bonchev–Trinajstić information content (AvgIpc) is 3.51. The summed E-state index contributed by atoms with van der Waals surface area (Å²) >= 11 is 1.62. The van der Waals surface area contributed by atoms with Gasteiger partial charge in [-0.05, 0) is 61.4 Å². The third kappa shape index (κ3) is 5.64. The van der Waals surface area contributed by atoms with Crippen LogP contribution in [0.3, 0.4) is 0 Å². The molecule has 4 rings (SSSR count). The van der Waals surface area contributed by atoms with E-state index in [1.54, 1.807) is 23.7 Å². The lowest BCUT2D eigenvalue weighted by molar-refractivity contribution is 0.0931. The second-order valence-electron chi connectivity index (χ2n) is 8.97. The van der Waals surface area contributed by atoms with Crippen molar-refractivity contribution in [2.24, 2.45) is 0 Å². The van der Waals surface area contributed by atoms with E-state index in [-0.39, 0.29) is 35.2 Å². The quantitative estimate of drug-likeness (QED) is 0.636. The van der Waals surface area contributed by atoms with Crippen LogP contribution in [-0.4, -0.2) is 28.5 Å². The van der Waals surface area contributed by atoms with E-state index in [0.717, 1.165) is 44.1 Å². The van der Waals surface area contributed by atoms with Gasteiger partial charge in [-0.25, -0.2) is 0 Å². The molecule has 2 aromatic heterocycles. The lowest BCUT2D eigenvalue weighted by atomic mass is 10.1. The van der Waals surface area contributed by atoms with E-state index < -0.39 is 11.3 Å². The van der Waals surface area contributed by atoms with Crippen molar-refractivity contribution in [1.29, 1.82) is 0 Å². The van der Waals surface area contributed by atoms with E-state index in [9.17, 15) is 14.4 Å². The normalized spacial score (nSPS) is 18.2. The zero-order valence-electron chi connectivity index (χ0n) is 18.1. The van der Waals surface area contributed by atoms with Crippen molar-refractivity contribution in [3.05, 3.63) is 56.1 Å².